The lowest BCUT2D eigenvalue weighted by Gasteiger charge is -2.03. The lowest BCUT2D eigenvalue weighted by Crippen LogP contribution is -2.33. The van der Waals surface area contributed by atoms with Crippen molar-refractivity contribution in [3.63, 3.8) is 0 Å². The summed E-state index contributed by atoms with van der Waals surface area (Å²) in [5, 5.41) is 2.29. The lowest BCUT2D eigenvalue weighted by atomic mass is 10.1. The first-order chi connectivity index (χ1) is 7.50. The molecule has 3 nitrogen and oxygen atoms in total. The summed E-state index contributed by atoms with van der Waals surface area (Å²) in [6.45, 7) is -0.454. The first kappa shape index (κ1) is 12.6. The highest BCUT2D eigenvalue weighted by molar-refractivity contribution is 6.30. The second-order valence-electron chi connectivity index (χ2n) is 2.95. The first-order valence-electron chi connectivity index (χ1n) is 4.35. The van der Waals surface area contributed by atoms with Gasteiger partial charge in [0, 0.05) is 10.6 Å². The average Bonchev–Trinajstić information content (AvgIpc) is 2.26. The van der Waals surface area contributed by atoms with Crippen molar-refractivity contribution in [3.8, 4) is 0 Å². The van der Waals surface area contributed by atoms with E-state index in [1.54, 1.807) is 0 Å². The summed E-state index contributed by atoms with van der Waals surface area (Å²) in [5.74, 6) is -1.91. The van der Waals surface area contributed by atoms with Gasteiger partial charge in [-0.15, -0.1) is 0 Å². The predicted molar refractivity (Wildman–Crippen MR) is 54.8 cm³/mol. The van der Waals surface area contributed by atoms with Crippen molar-refractivity contribution in [2.75, 3.05) is 6.54 Å². The molecule has 0 spiro atoms. The monoisotopic (exact) mass is 247 g/mol. The van der Waals surface area contributed by atoms with E-state index >= 15 is 0 Å². The van der Waals surface area contributed by atoms with Crippen LogP contribution in [-0.4, -0.2) is 24.7 Å². The Hall–Kier alpha value is -1.49. The fourth-order valence-corrected chi connectivity index (χ4v) is 1.11. The van der Waals surface area contributed by atoms with Gasteiger partial charge in [-0.05, 0) is 24.3 Å². The van der Waals surface area contributed by atoms with E-state index in [2.05, 4.69) is 0 Å². The molecule has 1 rings (SSSR count). The minimum atomic E-state index is -3.11. The molecular weight excluding hydrogens is 240 g/mol. The first-order valence-corrected chi connectivity index (χ1v) is 4.73. The fourth-order valence-electron chi connectivity index (χ4n) is 0.982. The molecule has 0 aliphatic carbocycles. The van der Waals surface area contributed by atoms with E-state index in [1.165, 1.54) is 24.3 Å². The molecule has 16 heavy (non-hydrogen) atoms. The molecule has 0 bridgehead atoms. The van der Waals surface area contributed by atoms with E-state index in [0.29, 0.717) is 10.6 Å². The van der Waals surface area contributed by atoms with Crippen molar-refractivity contribution < 1.29 is 18.4 Å². The van der Waals surface area contributed by atoms with Crippen molar-refractivity contribution in [1.82, 2.24) is 5.32 Å². The topological polar surface area (TPSA) is 46.2 Å². The van der Waals surface area contributed by atoms with Gasteiger partial charge in [0.05, 0.1) is 6.54 Å². The lowest BCUT2D eigenvalue weighted by molar-refractivity contribution is -0.131. The van der Waals surface area contributed by atoms with Gasteiger partial charge >= 0.3 is 6.43 Å². The molecule has 0 aliphatic rings. The second kappa shape index (κ2) is 5.55. The van der Waals surface area contributed by atoms with Gasteiger partial charge in [0.15, 0.2) is 5.78 Å². The molecule has 86 valence electrons. The number of hydrogen-bond donors (Lipinski definition) is 1. The van der Waals surface area contributed by atoms with Crippen molar-refractivity contribution >= 4 is 23.3 Å². The Balaban J connectivity index is 2.53. The van der Waals surface area contributed by atoms with Crippen LogP contribution in [0.3, 0.4) is 0 Å². The number of carbonyl (C=O) groups excluding carboxylic acids is 2. The van der Waals surface area contributed by atoms with Crippen LogP contribution in [-0.2, 0) is 4.79 Å². The molecular formula is C10H8ClF2NO2. The van der Waals surface area contributed by atoms with E-state index in [4.69, 9.17) is 11.6 Å². The zero-order valence-electron chi connectivity index (χ0n) is 8.04. The van der Waals surface area contributed by atoms with Crippen molar-refractivity contribution in [2.45, 2.75) is 6.43 Å². The Bertz CT molecular complexity index is 392. The molecule has 1 aromatic rings. The standard InChI is InChI=1S/C10H8ClF2NO2/c11-7-3-1-6(2-4-7)8(15)5-14-10(16)9(12)13/h1-4,9H,5H2,(H,14,16). The van der Waals surface area contributed by atoms with E-state index in [0.717, 1.165) is 0 Å². The molecule has 0 unspecified atom stereocenters. The Kier molecular flexibility index (Phi) is 4.37. The third-order valence-corrected chi connectivity index (χ3v) is 2.04. The van der Waals surface area contributed by atoms with E-state index in [1.807, 2.05) is 5.32 Å². The number of benzene rings is 1. The minimum absolute atomic E-state index is 0.305. The molecule has 0 atom stereocenters. The summed E-state index contributed by atoms with van der Waals surface area (Å²) in [4.78, 5) is 21.9. The molecule has 0 saturated carbocycles. The van der Waals surface area contributed by atoms with Crippen molar-refractivity contribution in [3.05, 3.63) is 34.9 Å². The number of carbonyl (C=O) groups is 2. The highest BCUT2D eigenvalue weighted by Gasteiger charge is 2.16. The Morgan fingerprint density at radius 3 is 2.31 bits per heavy atom. The zero-order valence-corrected chi connectivity index (χ0v) is 8.80. The van der Waals surface area contributed by atoms with Gasteiger partial charge in [0.2, 0.25) is 0 Å². The van der Waals surface area contributed by atoms with E-state index in [-0.39, 0.29) is 0 Å². The number of rotatable bonds is 4. The summed E-state index contributed by atoms with van der Waals surface area (Å²) in [7, 11) is 0. The number of nitrogens with one attached hydrogen (secondary N) is 1. The maximum Gasteiger partial charge on any atom is 0.315 e. The van der Waals surface area contributed by atoms with Gasteiger partial charge < -0.3 is 5.32 Å². The van der Waals surface area contributed by atoms with E-state index in [9.17, 15) is 18.4 Å². The maximum absolute atomic E-state index is 11.8. The van der Waals surface area contributed by atoms with Crippen molar-refractivity contribution in [2.24, 2.45) is 0 Å². The van der Waals surface area contributed by atoms with Gasteiger partial charge in [-0.1, -0.05) is 11.6 Å². The molecule has 0 aromatic heterocycles. The molecule has 0 heterocycles. The predicted octanol–water partition coefficient (Wildman–Crippen LogP) is 1.90. The third-order valence-electron chi connectivity index (χ3n) is 1.79. The Morgan fingerprint density at radius 2 is 1.81 bits per heavy atom. The number of Topliss-reactive ketones (excluding diaryl/α,β-unsaturated/α-hetero) is 1. The smallest absolute Gasteiger partial charge is 0.315 e. The molecule has 0 saturated heterocycles. The number of ketones is 1. The van der Waals surface area contributed by atoms with Crippen LogP contribution in [0.2, 0.25) is 5.02 Å². The third kappa shape index (κ3) is 3.58. The van der Waals surface area contributed by atoms with Gasteiger partial charge in [-0.2, -0.15) is 8.78 Å². The Morgan fingerprint density at radius 1 is 1.25 bits per heavy atom. The van der Waals surface area contributed by atoms with Crippen LogP contribution in [0.15, 0.2) is 24.3 Å². The maximum atomic E-state index is 11.8. The number of halogens is 3. The van der Waals surface area contributed by atoms with Gasteiger partial charge in [0.1, 0.15) is 0 Å². The van der Waals surface area contributed by atoms with Crippen LogP contribution in [0, 0.1) is 0 Å². The van der Waals surface area contributed by atoms with Crippen LogP contribution in [0.4, 0.5) is 8.78 Å². The highest BCUT2D eigenvalue weighted by atomic mass is 35.5. The van der Waals surface area contributed by atoms with Gasteiger partial charge in [-0.3, -0.25) is 9.59 Å². The minimum Gasteiger partial charge on any atom is -0.344 e. The molecule has 0 aliphatic heterocycles. The fraction of sp³-hybridized carbons (Fsp3) is 0.200. The summed E-state index contributed by atoms with van der Waals surface area (Å²) in [6, 6.07) is 5.92. The Labute approximate surface area is 95.4 Å². The normalized spacial score (nSPS) is 10.2. The van der Waals surface area contributed by atoms with Crippen LogP contribution < -0.4 is 5.32 Å². The second-order valence-corrected chi connectivity index (χ2v) is 3.39. The summed E-state index contributed by atoms with van der Waals surface area (Å²) in [6.07, 6.45) is -3.11. The highest BCUT2D eigenvalue weighted by Crippen LogP contribution is 2.09. The zero-order chi connectivity index (χ0) is 12.1. The molecule has 1 N–H and O–H groups in total. The largest absolute Gasteiger partial charge is 0.344 e. The molecule has 0 fully saturated rings. The SMILES string of the molecule is O=C(CNC(=O)C(F)F)c1ccc(Cl)cc1. The number of hydrogen-bond acceptors (Lipinski definition) is 2. The number of alkyl halides is 2. The van der Waals surface area contributed by atoms with Crippen LogP contribution in [0.25, 0.3) is 0 Å². The quantitative estimate of drug-likeness (QED) is 0.826. The molecule has 6 heteroatoms. The summed E-state index contributed by atoms with van der Waals surface area (Å²) in [5.41, 5.74) is 0.305. The van der Waals surface area contributed by atoms with Gasteiger partial charge in [0.25, 0.3) is 5.91 Å². The molecule has 0 radical (unpaired) electrons. The van der Waals surface area contributed by atoms with Crippen molar-refractivity contribution in [1.29, 1.82) is 0 Å². The average molecular weight is 248 g/mol. The van der Waals surface area contributed by atoms with Crippen LogP contribution in [0.1, 0.15) is 10.4 Å². The van der Waals surface area contributed by atoms with Gasteiger partial charge in [-0.25, -0.2) is 0 Å². The summed E-state index contributed by atoms with van der Waals surface area (Å²) < 4.78 is 23.6. The van der Waals surface area contributed by atoms with Crippen LogP contribution in [0.5, 0.6) is 0 Å². The summed E-state index contributed by atoms with van der Waals surface area (Å²) >= 11 is 5.61. The molecule has 1 aromatic carbocycles. The van der Waals surface area contributed by atoms with Crippen LogP contribution >= 0.6 is 11.6 Å². The van der Waals surface area contributed by atoms with E-state index < -0.39 is 24.7 Å². The molecule has 1 amide bonds. The number of amides is 1.